The Bertz CT molecular complexity index is 1760. The maximum atomic E-state index is 13.3. The van der Waals surface area contributed by atoms with Crippen LogP contribution < -0.4 is 25.4 Å². The molecule has 1 aliphatic carbocycles. The SMILES string of the molecule is C[C@H](OC(N)=O)c1oc(-c2ccc(OC(F)F)c(OCC3CC3)c2)nc1CNC(=O)c1cccc(C(=O)N(C)c2ccc(F)cc2)n1. The predicted octanol–water partition coefficient (Wildman–Crippen LogP) is 5.63. The van der Waals surface area contributed by atoms with Crippen molar-refractivity contribution in [2.45, 2.75) is 39.0 Å². The number of anilines is 1. The van der Waals surface area contributed by atoms with E-state index in [2.05, 4.69) is 20.0 Å². The summed E-state index contributed by atoms with van der Waals surface area (Å²) < 4.78 is 60.7. The Labute approximate surface area is 266 Å². The molecule has 15 heteroatoms. The van der Waals surface area contributed by atoms with Crippen LogP contribution in [0.4, 0.5) is 23.7 Å². The smallest absolute Gasteiger partial charge is 0.405 e. The van der Waals surface area contributed by atoms with Crippen molar-refractivity contribution in [3.63, 3.8) is 0 Å². The predicted molar refractivity (Wildman–Crippen MR) is 160 cm³/mol. The van der Waals surface area contributed by atoms with Gasteiger partial charge in [-0.15, -0.1) is 0 Å². The number of benzene rings is 2. The molecule has 2 aromatic heterocycles. The zero-order valence-corrected chi connectivity index (χ0v) is 25.2. The third-order valence-corrected chi connectivity index (χ3v) is 7.10. The van der Waals surface area contributed by atoms with Crippen LogP contribution in [-0.2, 0) is 11.3 Å². The van der Waals surface area contributed by atoms with Gasteiger partial charge in [-0.25, -0.2) is 19.2 Å². The van der Waals surface area contributed by atoms with Gasteiger partial charge in [-0.05, 0) is 80.3 Å². The molecule has 1 fully saturated rings. The number of alkyl halides is 2. The molecule has 1 aliphatic rings. The number of rotatable bonds is 13. The largest absolute Gasteiger partial charge is 0.489 e. The highest BCUT2D eigenvalue weighted by atomic mass is 19.3. The Kier molecular flexibility index (Phi) is 9.92. The molecule has 0 bridgehead atoms. The fraction of sp³-hybridized carbons (Fsp3) is 0.281. The monoisotopic (exact) mass is 653 g/mol. The molecule has 0 saturated heterocycles. The average molecular weight is 654 g/mol. The van der Waals surface area contributed by atoms with E-state index in [4.69, 9.17) is 19.6 Å². The van der Waals surface area contributed by atoms with Crippen LogP contribution in [0.2, 0.25) is 0 Å². The van der Waals surface area contributed by atoms with Gasteiger partial charge in [-0.3, -0.25) is 9.59 Å². The van der Waals surface area contributed by atoms with Crippen molar-refractivity contribution < 1.29 is 46.2 Å². The molecule has 2 heterocycles. The van der Waals surface area contributed by atoms with E-state index in [1.165, 1.54) is 79.5 Å². The molecule has 0 radical (unpaired) electrons. The van der Waals surface area contributed by atoms with Crippen molar-refractivity contribution in [3.8, 4) is 23.0 Å². The van der Waals surface area contributed by atoms with Gasteiger partial charge in [-0.1, -0.05) is 6.07 Å². The molecule has 0 unspecified atom stereocenters. The van der Waals surface area contributed by atoms with Gasteiger partial charge in [0.25, 0.3) is 11.8 Å². The minimum absolute atomic E-state index is 0.0126. The number of carbonyl (C=O) groups is 3. The number of nitrogens with zero attached hydrogens (tertiary/aromatic N) is 3. The van der Waals surface area contributed by atoms with Gasteiger partial charge in [0.2, 0.25) is 5.89 Å². The van der Waals surface area contributed by atoms with Crippen molar-refractivity contribution in [2.24, 2.45) is 11.7 Å². The molecule has 1 saturated carbocycles. The van der Waals surface area contributed by atoms with E-state index < -0.39 is 36.4 Å². The van der Waals surface area contributed by atoms with Crippen LogP contribution in [-0.4, -0.2) is 48.1 Å². The number of pyridine rings is 1. The standard InChI is InChI=1S/C32H30F3N5O7/c1-17(45-32(36)43)27-24(39-29(47-27)19-8-13-25(46-31(34)35)26(14-19)44-16-18-6-7-18)15-37-28(41)22-4-3-5-23(38-22)30(42)40(2)21-11-9-20(33)10-12-21/h3-5,8-14,17-18,31H,6-7,15-16H2,1-2H3,(H2,36,43)(H,37,41)/t17-/m0/s1. The maximum Gasteiger partial charge on any atom is 0.405 e. The van der Waals surface area contributed by atoms with Gasteiger partial charge in [-0.2, -0.15) is 8.78 Å². The number of oxazole rings is 1. The summed E-state index contributed by atoms with van der Waals surface area (Å²) in [4.78, 5) is 47.5. The Morgan fingerprint density at radius 1 is 1.04 bits per heavy atom. The van der Waals surface area contributed by atoms with Gasteiger partial charge in [0, 0.05) is 18.3 Å². The highest BCUT2D eigenvalue weighted by molar-refractivity contribution is 6.05. The van der Waals surface area contributed by atoms with Gasteiger partial charge < -0.3 is 34.6 Å². The highest BCUT2D eigenvalue weighted by Gasteiger charge is 2.26. The summed E-state index contributed by atoms with van der Waals surface area (Å²) >= 11 is 0. The third kappa shape index (κ3) is 8.36. The molecule has 246 valence electrons. The molecule has 3 amide bonds. The number of hydrogen-bond donors (Lipinski definition) is 2. The van der Waals surface area contributed by atoms with Gasteiger partial charge >= 0.3 is 12.7 Å². The number of carbonyl (C=O) groups excluding carboxylic acids is 3. The van der Waals surface area contributed by atoms with Crippen molar-refractivity contribution in [1.29, 1.82) is 0 Å². The van der Waals surface area contributed by atoms with Crippen LogP contribution in [0.25, 0.3) is 11.5 Å². The van der Waals surface area contributed by atoms with Crippen molar-refractivity contribution in [2.75, 3.05) is 18.6 Å². The number of ether oxygens (including phenoxy) is 3. The minimum atomic E-state index is -3.07. The molecule has 0 aliphatic heterocycles. The van der Waals surface area contributed by atoms with Crippen LogP contribution in [0, 0.1) is 11.7 Å². The zero-order chi connectivity index (χ0) is 33.7. The third-order valence-electron chi connectivity index (χ3n) is 7.10. The number of aromatic nitrogens is 2. The number of primary amides is 1. The lowest BCUT2D eigenvalue weighted by atomic mass is 10.2. The Balaban J connectivity index is 1.36. The molecular formula is C32H30F3N5O7. The number of hydrogen-bond acceptors (Lipinski definition) is 9. The maximum absolute atomic E-state index is 13.3. The van der Waals surface area contributed by atoms with E-state index in [1.807, 2.05) is 0 Å². The van der Waals surface area contributed by atoms with Crippen LogP contribution in [0.5, 0.6) is 11.5 Å². The first-order valence-corrected chi connectivity index (χ1v) is 14.4. The first kappa shape index (κ1) is 32.8. The zero-order valence-electron chi connectivity index (χ0n) is 25.2. The fourth-order valence-electron chi connectivity index (χ4n) is 4.49. The molecule has 1 atom stereocenters. The summed E-state index contributed by atoms with van der Waals surface area (Å²) in [5.41, 5.74) is 6.01. The summed E-state index contributed by atoms with van der Waals surface area (Å²) in [5, 5.41) is 2.65. The van der Waals surface area contributed by atoms with Crippen LogP contribution >= 0.6 is 0 Å². The Morgan fingerprint density at radius 3 is 2.45 bits per heavy atom. The quantitative estimate of drug-likeness (QED) is 0.187. The fourth-order valence-corrected chi connectivity index (χ4v) is 4.49. The van der Waals surface area contributed by atoms with Crippen molar-refractivity contribution in [1.82, 2.24) is 15.3 Å². The van der Waals surface area contributed by atoms with Gasteiger partial charge in [0.1, 0.15) is 22.9 Å². The normalized spacial score (nSPS) is 13.1. The van der Waals surface area contributed by atoms with E-state index in [1.54, 1.807) is 0 Å². The van der Waals surface area contributed by atoms with Crippen LogP contribution in [0.1, 0.15) is 58.3 Å². The molecule has 0 spiro atoms. The molecule has 3 N–H and O–H groups in total. The summed E-state index contributed by atoms with van der Waals surface area (Å²) in [6.45, 7) is -1.48. The second-order valence-electron chi connectivity index (χ2n) is 10.6. The Hall–Kier alpha value is -5.60. The second-order valence-corrected chi connectivity index (χ2v) is 10.6. The van der Waals surface area contributed by atoms with Crippen molar-refractivity contribution >= 4 is 23.6 Å². The highest BCUT2D eigenvalue weighted by Crippen LogP contribution is 2.37. The lowest BCUT2D eigenvalue weighted by molar-refractivity contribution is -0.0515. The second kappa shape index (κ2) is 14.2. The number of nitrogens with one attached hydrogen (secondary N) is 1. The molecular weight excluding hydrogens is 623 g/mol. The number of nitrogens with two attached hydrogens (primary N) is 1. The molecule has 12 nitrogen and oxygen atoms in total. The summed E-state index contributed by atoms with van der Waals surface area (Å²) in [7, 11) is 1.49. The summed E-state index contributed by atoms with van der Waals surface area (Å²) in [6.07, 6.45) is -0.145. The lowest BCUT2D eigenvalue weighted by Crippen LogP contribution is -2.29. The summed E-state index contributed by atoms with van der Waals surface area (Å²) in [6, 6.07) is 13.8. The van der Waals surface area contributed by atoms with Gasteiger partial charge in [0.05, 0.1) is 13.2 Å². The van der Waals surface area contributed by atoms with E-state index in [0.29, 0.717) is 23.8 Å². The lowest BCUT2D eigenvalue weighted by Gasteiger charge is -2.17. The van der Waals surface area contributed by atoms with Crippen molar-refractivity contribution in [3.05, 3.63) is 89.3 Å². The van der Waals surface area contributed by atoms with Gasteiger partial charge in [0.15, 0.2) is 23.4 Å². The number of halogens is 3. The van der Waals surface area contributed by atoms with E-state index in [0.717, 1.165) is 12.8 Å². The molecule has 2 aromatic carbocycles. The van der Waals surface area contributed by atoms with Crippen LogP contribution in [0.3, 0.4) is 0 Å². The first-order chi connectivity index (χ1) is 22.5. The minimum Gasteiger partial charge on any atom is -0.489 e. The Morgan fingerprint density at radius 2 is 1.77 bits per heavy atom. The summed E-state index contributed by atoms with van der Waals surface area (Å²) in [5.74, 6) is -1.34. The van der Waals surface area contributed by atoms with E-state index in [-0.39, 0.29) is 46.8 Å². The molecule has 5 rings (SSSR count). The average Bonchev–Trinajstić information content (AvgIpc) is 3.78. The van der Waals surface area contributed by atoms with Crippen LogP contribution in [0.15, 0.2) is 65.1 Å². The van der Waals surface area contributed by atoms with E-state index in [9.17, 15) is 27.6 Å². The molecule has 4 aromatic rings. The first-order valence-electron chi connectivity index (χ1n) is 14.4. The van der Waals surface area contributed by atoms with E-state index >= 15 is 0 Å². The molecule has 47 heavy (non-hydrogen) atoms. The topological polar surface area (TPSA) is 159 Å². The number of amides is 3.